The summed E-state index contributed by atoms with van der Waals surface area (Å²) in [6, 6.07) is 0. The Bertz CT molecular complexity index is 46.1. The molecule has 0 aromatic heterocycles. The van der Waals surface area contributed by atoms with E-state index >= 15 is 0 Å². The minimum absolute atomic E-state index is 0.250. The quantitative estimate of drug-likeness (QED) is 0.294. The van der Waals surface area contributed by atoms with Gasteiger partial charge in [0.1, 0.15) is 0 Å². The van der Waals surface area contributed by atoms with E-state index in [1.807, 2.05) is 0 Å². The average molecular weight is 109 g/mol. The Labute approximate surface area is 38.4 Å². The molecule has 0 aromatic rings. The first kappa shape index (κ1) is 5.90. The fraction of sp³-hybridized carbons (Fsp3) is 0. The third kappa shape index (κ3) is 3.90. The van der Waals surface area contributed by atoms with Gasteiger partial charge in [-0.25, -0.2) is 0 Å². The molecule has 0 fully saturated rings. The highest BCUT2D eigenvalue weighted by atomic mass is 32.2. The highest BCUT2D eigenvalue weighted by Crippen LogP contribution is 1.92. The summed E-state index contributed by atoms with van der Waals surface area (Å²) >= 11 is 0.250. The third-order valence-corrected chi connectivity index (χ3v) is 0.412. The second-order valence-electron chi connectivity index (χ2n) is 0.454. The zero-order valence-corrected chi connectivity index (χ0v) is 3.55. The fourth-order valence-corrected chi connectivity index (χ4v) is 0.115. The molecule has 0 bridgehead atoms. The molecule has 0 amide bonds. The summed E-state index contributed by atoms with van der Waals surface area (Å²) in [6.45, 7) is 0. The first-order valence-electron chi connectivity index (χ1n) is 1.05. The van der Waals surface area contributed by atoms with Crippen LogP contribution in [0, 0.1) is 0 Å². The molecule has 0 aliphatic rings. The molecule has 0 saturated heterocycles. The van der Waals surface area contributed by atoms with Crippen LogP contribution in [0.25, 0.3) is 0 Å². The van der Waals surface area contributed by atoms with Gasteiger partial charge in [0, 0.05) is 0 Å². The van der Waals surface area contributed by atoms with Crippen LogP contribution in [0.15, 0.2) is 0 Å². The molecule has 0 spiro atoms. The maximum atomic E-state index is 9.22. The van der Waals surface area contributed by atoms with Crippen LogP contribution in [0.3, 0.4) is 0 Å². The van der Waals surface area contributed by atoms with Gasteiger partial charge < -0.3 is 0 Å². The van der Waals surface area contributed by atoms with Crippen LogP contribution in [0.1, 0.15) is 0 Å². The Morgan fingerprint density at radius 2 is 2.17 bits per heavy atom. The molecule has 0 aliphatic carbocycles. The van der Waals surface area contributed by atoms with E-state index in [1.165, 1.54) is 0 Å². The van der Waals surface area contributed by atoms with Gasteiger partial charge in [0.15, 0.2) is 5.62 Å². The van der Waals surface area contributed by atoms with Crippen LogP contribution in [0.4, 0.5) is 0 Å². The van der Waals surface area contributed by atoms with Gasteiger partial charge in [-0.3, -0.25) is 15.2 Å². The van der Waals surface area contributed by atoms with Crippen molar-refractivity contribution in [3.63, 3.8) is 0 Å². The van der Waals surface area contributed by atoms with Gasteiger partial charge >= 0.3 is 0 Å². The van der Waals surface area contributed by atoms with Crippen molar-refractivity contribution in [2.75, 3.05) is 0 Å². The first-order chi connectivity index (χ1) is 2.77. The van der Waals surface area contributed by atoms with Crippen molar-refractivity contribution in [2.24, 2.45) is 0 Å². The van der Waals surface area contributed by atoms with Crippen LogP contribution in [0.5, 0.6) is 0 Å². The number of nitrogens with zero attached hydrogens (tertiary/aromatic N) is 1. The monoisotopic (exact) mass is 109 g/mol. The standard InChI is InChI=1S/CH3NO3S/c3-1-6-2(4)5/h1,4-5H. The third-order valence-electron chi connectivity index (χ3n) is 0.137. The predicted molar refractivity (Wildman–Crippen MR) is 19.8 cm³/mol. The molecule has 0 rings (SSSR count). The summed E-state index contributed by atoms with van der Waals surface area (Å²) in [4.78, 5) is 9.22. The molecule has 0 aliphatic heterocycles. The Hall–Kier alpha value is -0.100. The fourth-order valence-electron chi connectivity index (χ4n) is 0.0385. The van der Waals surface area contributed by atoms with Crippen molar-refractivity contribution >= 4 is 17.6 Å². The molecule has 2 N–H and O–H groups in total. The average Bonchev–Trinajstić information content (AvgIpc) is 1.35. The van der Waals surface area contributed by atoms with E-state index in [0.717, 1.165) is 0 Å². The normalized spacial score (nSPS) is 9.17. The highest BCUT2D eigenvalue weighted by molar-refractivity contribution is 8.09. The van der Waals surface area contributed by atoms with Gasteiger partial charge in [-0.2, -0.15) is 0 Å². The number of carbonyl (C=O) groups excluding carboxylic acids is 1. The Kier molecular flexibility index (Phi) is 3.05. The van der Waals surface area contributed by atoms with Crippen molar-refractivity contribution in [3.05, 3.63) is 0 Å². The molecule has 0 aromatic carbocycles. The Balaban J connectivity index is 2.81. The molecular formula is CH3NO3S. The minimum Gasteiger partial charge on any atom is -0.289 e. The number of rotatable bonds is 2. The van der Waals surface area contributed by atoms with Gasteiger partial charge in [0.2, 0.25) is 0 Å². The molecule has 0 radical (unpaired) electrons. The molecule has 5 heteroatoms. The van der Waals surface area contributed by atoms with E-state index < -0.39 is 0 Å². The number of hydrogen-bond donors (Lipinski definition) is 2. The molecule has 0 heterocycles. The predicted octanol–water partition coefficient (Wildman–Crippen LogP) is -0.0948. The lowest BCUT2D eigenvalue weighted by Crippen LogP contribution is -2.00. The highest BCUT2D eigenvalue weighted by Gasteiger charge is 1.85. The maximum Gasteiger partial charge on any atom is 0.195 e. The smallest absolute Gasteiger partial charge is 0.195 e. The van der Waals surface area contributed by atoms with Crippen LogP contribution in [0.2, 0.25) is 0 Å². The summed E-state index contributed by atoms with van der Waals surface area (Å²) in [5, 5.41) is 15.3. The Morgan fingerprint density at radius 3 is 2.17 bits per heavy atom. The second kappa shape index (κ2) is 3.10. The van der Waals surface area contributed by atoms with E-state index in [0.29, 0.717) is 5.62 Å². The summed E-state index contributed by atoms with van der Waals surface area (Å²) < 4.78 is -0.271. The summed E-state index contributed by atoms with van der Waals surface area (Å²) in [6.07, 6.45) is 0. The van der Waals surface area contributed by atoms with Crippen LogP contribution >= 0.6 is 11.9 Å². The Morgan fingerprint density at radius 1 is 1.67 bits per heavy atom. The van der Waals surface area contributed by atoms with Gasteiger partial charge in [-0.15, -0.1) is 0 Å². The molecule has 0 saturated carbocycles. The van der Waals surface area contributed by atoms with Crippen LogP contribution in [-0.4, -0.2) is 20.7 Å². The summed E-state index contributed by atoms with van der Waals surface area (Å²) in [5.74, 6) is 0. The lowest BCUT2D eigenvalue weighted by atomic mass is 11.8. The number of carbonyl (C=O) groups is 1. The molecule has 0 atom stereocenters. The van der Waals surface area contributed by atoms with E-state index in [-0.39, 0.29) is 16.6 Å². The van der Waals surface area contributed by atoms with Crippen molar-refractivity contribution in [3.8, 4) is 0 Å². The van der Waals surface area contributed by atoms with E-state index in [1.54, 1.807) is 0 Å². The zero-order valence-electron chi connectivity index (χ0n) is 2.74. The van der Waals surface area contributed by atoms with Crippen molar-refractivity contribution < 1.29 is 15.2 Å². The summed E-state index contributed by atoms with van der Waals surface area (Å²) in [7, 11) is 0. The molecule has 4 nitrogen and oxygen atoms in total. The van der Waals surface area contributed by atoms with Gasteiger partial charge in [0.25, 0.3) is 0 Å². The van der Waals surface area contributed by atoms with Gasteiger partial charge in [-0.1, -0.05) is 0 Å². The largest absolute Gasteiger partial charge is 0.289 e. The van der Waals surface area contributed by atoms with E-state index in [2.05, 4.69) is 0 Å². The molecule has 0 unspecified atom stereocenters. The zero-order chi connectivity index (χ0) is 4.99. The van der Waals surface area contributed by atoms with Crippen LogP contribution in [-0.2, 0) is 4.79 Å². The van der Waals surface area contributed by atoms with E-state index in [4.69, 9.17) is 10.4 Å². The lowest BCUT2D eigenvalue weighted by Gasteiger charge is -1.92. The molecule has 36 valence electrons. The molecular weight excluding hydrogens is 106 g/mol. The van der Waals surface area contributed by atoms with Gasteiger partial charge in [-0.05, 0) is 4.63 Å². The summed E-state index contributed by atoms with van der Waals surface area (Å²) in [5.41, 5.74) is 0.292. The van der Waals surface area contributed by atoms with Crippen molar-refractivity contribution in [1.29, 1.82) is 0 Å². The second-order valence-corrected chi connectivity index (χ2v) is 1.18. The molecule has 6 heavy (non-hydrogen) atoms. The van der Waals surface area contributed by atoms with E-state index in [9.17, 15) is 4.79 Å². The number of hydrogen-bond acceptors (Lipinski definition) is 5. The minimum atomic E-state index is -0.271. The van der Waals surface area contributed by atoms with Gasteiger partial charge in [0.05, 0.1) is 11.9 Å². The first-order valence-corrected chi connectivity index (χ1v) is 1.89. The van der Waals surface area contributed by atoms with Crippen molar-refractivity contribution in [1.82, 2.24) is 4.63 Å². The van der Waals surface area contributed by atoms with Crippen LogP contribution < -0.4 is 0 Å². The van der Waals surface area contributed by atoms with Crippen molar-refractivity contribution in [2.45, 2.75) is 0 Å². The SMILES string of the molecule is O=CSN(O)O. The lowest BCUT2D eigenvalue weighted by molar-refractivity contribution is -0.215. The maximum absolute atomic E-state index is 9.22. The topological polar surface area (TPSA) is 60.8 Å².